The Balaban J connectivity index is 2.46. The van der Waals surface area contributed by atoms with Crippen molar-refractivity contribution >= 4 is 17.4 Å². The smallest absolute Gasteiger partial charge is 0.350 e. The van der Waals surface area contributed by atoms with Crippen LogP contribution in [0.5, 0.6) is 0 Å². The van der Waals surface area contributed by atoms with Crippen molar-refractivity contribution in [1.82, 2.24) is 0 Å². The Morgan fingerprint density at radius 1 is 1.54 bits per heavy atom. The average Bonchev–Trinajstić information content (AvgIpc) is 2.49. The molecule has 0 saturated carbocycles. The van der Waals surface area contributed by atoms with Gasteiger partial charge in [0.2, 0.25) is 0 Å². The van der Waals surface area contributed by atoms with Crippen LogP contribution in [0.2, 0.25) is 0 Å². The number of benzene rings is 1. The quantitative estimate of drug-likeness (QED) is 0.706. The van der Waals surface area contributed by atoms with E-state index in [2.05, 4.69) is 4.99 Å². The summed E-state index contributed by atoms with van der Waals surface area (Å²) in [5, 5.41) is 8.75. The summed E-state index contributed by atoms with van der Waals surface area (Å²) < 4.78 is 0. The van der Waals surface area contributed by atoms with Gasteiger partial charge in [-0.1, -0.05) is 12.1 Å². The van der Waals surface area contributed by atoms with Gasteiger partial charge in [0, 0.05) is 6.42 Å². The van der Waals surface area contributed by atoms with Gasteiger partial charge in [-0.2, -0.15) is 0 Å². The van der Waals surface area contributed by atoms with Crippen LogP contribution in [0.25, 0.3) is 0 Å². The molecule has 3 nitrogen and oxygen atoms in total. The number of aliphatic imine (C=N–C) groups is 1. The molecule has 2 rings (SSSR count). The number of hydrogen-bond donors (Lipinski definition) is 1. The summed E-state index contributed by atoms with van der Waals surface area (Å²) in [6, 6.07) is 5.71. The summed E-state index contributed by atoms with van der Waals surface area (Å²) in [4.78, 5) is 14.7. The minimum Gasteiger partial charge on any atom is -0.477 e. The Morgan fingerprint density at radius 2 is 2.31 bits per heavy atom. The Bertz CT molecular complexity index is 407. The molecule has 0 saturated heterocycles. The number of carbonyl (C=O) groups is 1. The standard InChI is InChI=1S/C10H9NO2/c1-6-3-2-4-8-7(6)5-9(11-8)10(12)13/h2-4H,5H2,1H3,(H,12,13). The molecule has 0 radical (unpaired) electrons. The van der Waals surface area contributed by atoms with E-state index in [1.807, 2.05) is 25.1 Å². The molecule has 1 heterocycles. The lowest BCUT2D eigenvalue weighted by atomic mass is 10.0. The van der Waals surface area contributed by atoms with Crippen LogP contribution in [0.15, 0.2) is 23.2 Å². The number of carboxylic acid groups (broad SMARTS) is 1. The van der Waals surface area contributed by atoms with Gasteiger partial charge in [-0.25, -0.2) is 9.79 Å². The maximum atomic E-state index is 10.7. The van der Waals surface area contributed by atoms with E-state index < -0.39 is 5.97 Å². The van der Waals surface area contributed by atoms with Crippen molar-refractivity contribution in [3.8, 4) is 0 Å². The summed E-state index contributed by atoms with van der Waals surface area (Å²) in [6.07, 6.45) is 0.456. The van der Waals surface area contributed by atoms with Crippen LogP contribution in [0, 0.1) is 6.92 Å². The third kappa shape index (κ3) is 1.22. The van der Waals surface area contributed by atoms with E-state index >= 15 is 0 Å². The number of rotatable bonds is 1. The van der Waals surface area contributed by atoms with E-state index in [-0.39, 0.29) is 5.71 Å². The fourth-order valence-corrected chi connectivity index (χ4v) is 1.50. The highest BCUT2D eigenvalue weighted by atomic mass is 16.4. The largest absolute Gasteiger partial charge is 0.477 e. The summed E-state index contributed by atoms with van der Waals surface area (Å²) in [5.41, 5.74) is 3.19. The van der Waals surface area contributed by atoms with Gasteiger partial charge in [-0.15, -0.1) is 0 Å². The lowest BCUT2D eigenvalue weighted by Crippen LogP contribution is -2.12. The highest BCUT2D eigenvalue weighted by Crippen LogP contribution is 2.28. The van der Waals surface area contributed by atoms with E-state index in [9.17, 15) is 4.79 Å². The van der Waals surface area contributed by atoms with Gasteiger partial charge < -0.3 is 5.11 Å². The van der Waals surface area contributed by atoms with Crippen molar-refractivity contribution < 1.29 is 9.90 Å². The normalized spacial score (nSPS) is 13.8. The molecule has 1 N–H and O–H groups in total. The third-order valence-electron chi connectivity index (χ3n) is 2.23. The number of aryl methyl sites for hydroxylation is 1. The molecule has 1 aliphatic heterocycles. The van der Waals surface area contributed by atoms with Gasteiger partial charge in [0.25, 0.3) is 0 Å². The number of fused-ring (bicyclic) bond motifs is 1. The molecule has 66 valence electrons. The summed E-state index contributed by atoms with van der Waals surface area (Å²) in [5.74, 6) is -0.921. The fraction of sp³-hybridized carbons (Fsp3) is 0.200. The van der Waals surface area contributed by atoms with Gasteiger partial charge in [0.1, 0.15) is 5.71 Å². The Labute approximate surface area is 75.7 Å². The van der Waals surface area contributed by atoms with Gasteiger partial charge in [0.05, 0.1) is 5.69 Å². The molecular weight excluding hydrogens is 166 g/mol. The summed E-state index contributed by atoms with van der Waals surface area (Å²) >= 11 is 0. The van der Waals surface area contributed by atoms with Gasteiger partial charge >= 0.3 is 5.97 Å². The van der Waals surface area contributed by atoms with Gasteiger partial charge in [-0.3, -0.25) is 0 Å². The Kier molecular flexibility index (Phi) is 1.65. The number of aliphatic carboxylic acids is 1. The predicted octanol–water partition coefficient (Wildman–Crippen LogP) is 1.71. The third-order valence-corrected chi connectivity index (χ3v) is 2.23. The molecule has 13 heavy (non-hydrogen) atoms. The second kappa shape index (κ2) is 2.69. The lowest BCUT2D eigenvalue weighted by molar-refractivity contribution is -0.129. The molecular formula is C10H9NO2. The van der Waals surface area contributed by atoms with Crippen LogP contribution in [-0.4, -0.2) is 16.8 Å². The van der Waals surface area contributed by atoms with Crippen LogP contribution in [0.3, 0.4) is 0 Å². The highest BCUT2D eigenvalue weighted by molar-refractivity contribution is 6.37. The van der Waals surface area contributed by atoms with Crippen LogP contribution >= 0.6 is 0 Å². The minimum atomic E-state index is -0.921. The first kappa shape index (κ1) is 7.98. The summed E-state index contributed by atoms with van der Waals surface area (Å²) in [7, 11) is 0. The first-order chi connectivity index (χ1) is 6.18. The molecule has 1 aromatic rings. The number of nitrogens with zero attached hydrogens (tertiary/aromatic N) is 1. The molecule has 0 aromatic heterocycles. The number of hydrogen-bond acceptors (Lipinski definition) is 2. The van der Waals surface area contributed by atoms with Crippen LogP contribution in [0.4, 0.5) is 5.69 Å². The Hall–Kier alpha value is -1.64. The monoisotopic (exact) mass is 175 g/mol. The molecule has 0 fully saturated rings. The van der Waals surface area contributed by atoms with Gasteiger partial charge in [-0.05, 0) is 24.1 Å². The lowest BCUT2D eigenvalue weighted by Gasteiger charge is -1.99. The zero-order valence-corrected chi connectivity index (χ0v) is 7.24. The molecule has 0 amide bonds. The first-order valence-electron chi connectivity index (χ1n) is 4.08. The van der Waals surface area contributed by atoms with E-state index in [1.54, 1.807) is 0 Å². The second-order valence-corrected chi connectivity index (χ2v) is 3.11. The topological polar surface area (TPSA) is 49.7 Å². The molecule has 0 unspecified atom stereocenters. The van der Waals surface area contributed by atoms with Gasteiger partial charge in [0.15, 0.2) is 0 Å². The molecule has 0 bridgehead atoms. The predicted molar refractivity (Wildman–Crippen MR) is 49.6 cm³/mol. The van der Waals surface area contributed by atoms with Crippen LogP contribution in [-0.2, 0) is 11.2 Å². The average molecular weight is 175 g/mol. The van der Waals surface area contributed by atoms with E-state index in [4.69, 9.17) is 5.11 Å². The van der Waals surface area contributed by atoms with E-state index in [1.165, 1.54) is 0 Å². The molecule has 0 spiro atoms. The molecule has 1 aliphatic rings. The SMILES string of the molecule is Cc1cccc2c1CC(C(=O)O)=N2. The summed E-state index contributed by atoms with van der Waals surface area (Å²) in [6.45, 7) is 1.97. The zero-order valence-electron chi connectivity index (χ0n) is 7.24. The maximum absolute atomic E-state index is 10.7. The zero-order chi connectivity index (χ0) is 9.42. The molecule has 0 atom stereocenters. The van der Waals surface area contributed by atoms with Crippen molar-refractivity contribution in [3.05, 3.63) is 29.3 Å². The second-order valence-electron chi connectivity index (χ2n) is 3.11. The highest BCUT2D eigenvalue weighted by Gasteiger charge is 2.20. The van der Waals surface area contributed by atoms with Crippen molar-refractivity contribution in [2.24, 2.45) is 4.99 Å². The van der Waals surface area contributed by atoms with Crippen LogP contribution in [0.1, 0.15) is 11.1 Å². The molecule has 0 aliphatic carbocycles. The first-order valence-corrected chi connectivity index (χ1v) is 4.08. The maximum Gasteiger partial charge on any atom is 0.350 e. The van der Waals surface area contributed by atoms with Crippen LogP contribution < -0.4 is 0 Å². The van der Waals surface area contributed by atoms with E-state index in [0.717, 1.165) is 16.8 Å². The van der Waals surface area contributed by atoms with E-state index in [0.29, 0.717) is 6.42 Å². The molecule has 3 heteroatoms. The Morgan fingerprint density at radius 3 is 2.92 bits per heavy atom. The minimum absolute atomic E-state index is 0.240. The van der Waals surface area contributed by atoms with Crippen molar-refractivity contribution in [2.45, 2.75) is 13.3 Å². The fourth-order valence-electron chi connectivity index (χ4n) is 1.50. The number of carboxylic acids is 1. The van der Waals surface area contributed by atoms with Crippen molar-refractivity contribution in [2.75, 3.05) is 0 Å². The van der Waals surface area contributed by atoms with Crippen molar-refractivity contribution in [3.63, 3.8) is 0 Å². The van der Waals surface area contributed by atoms with Crippen molar-refractivity contribution in [1.29, 1.82) is 0 Å². The molecule has 1 aromatic carbocycles.